The van der Waals surface area contributed by atoms with Crippen molar-refractivity contribution in [2.45, 2.75) is 36.8 Å². The quantitative estimate of drug-likeness (QED) is 0.769. The van der Waals surface area contributed by atoms with E-state index >= 15 is 0 Å². The number of ether oxygens (including phenoxy) is 1. The summed E-state index contributed by atoms with van der Waals surface area (Å²) >= 11 is 14.3. The molecule has 0 fully saturated rings. The molecule has 94 valence electrons. The van der Waals surface area contributed by atoms with Gasteiger partial charge >= 0.3 is 0 Å². The smallest absolute Gasteiger partial charge is 0.139 e. The fraction of sp³-hybridized carbons (Fsp3) is 0.538. The van der Waals surface area contributed by atoms with Crippen molar-refractivity contribution in [1.82, 2.24) is 0 Å². The van der Waals surface area contributed by atoms with Gasteiger partial charge in [0.2, 0.25) is 0 Å². The lowest BCUT2D eigenvalue weighted by Gasteiger charge is -2.10. The molecular formula is C13H16Cl2OS. The van der Waals surface area contributed by atoms with Crippen molar-refractivity contribution in [3.05, 3.63) is 21.7 Å². The van der Waals surface area contributed by atoms with E-state index in [1.165, 1.54) is 12.0 Å². The lowest BCUT2D eigenvalue weighted by molar-refractivity contribution is 0.414. The van der Waals surface area contributed by atoms with E-state index in [1.807, 2.05) is 17.8 Å². The third-order valence-electron chi connectivity index (χ3n) is 2.89. The second-order valence-electron chi connectivity index (χ2n) is 4.77. The molecule has 0 radical (unpaired) electrons. The highest BCUT2D eigenvalue weighted by atomic mass is 35.5. The largest absolute Gasteiger partial charge is 0.495 e. The van der Waals surface area contributed by atoms with Crippen LogP contribution in [-0.4, -0.2) is 12.4 Å². The van der Waals surface area contributed by atoms with Crippen LogP contribution in [0.4, 0.5) is 0 Å². The van der Waals surface area contributed by atoms with Crippen molar-refractivity contribution in [3.8, 4) is 5.75 Å². The molecule has 0 aromatic heterocycles. The zero-order valence-corrected chi connectivity index (χ0v) is 12.5. The van der Waals surface area contributed by atoms with Gasteiger partial charge in [0.1, 0.15) is 10.8 Å². The summed E-state index contributed by atoms with van der Waals surface area (Å²) in [6.45, 7) is 4.50. The molecule has 1 unspecified atom stereocenters. The third kappa shape index (κ3) is 2.69. The molecule has 4 heteroatoms. The molecule has 1 nitrogen and oxygen atoms in total. The van der Waals surface area contributed by atoms with Crippen LogP contribution < -0.4 is 4.74 Å². The zero-order valence-electron chi connectivity index (χ0n) is 10.2. The van der Waals surface area contributed by atoms with Gasteiger partial charge in [0.25, 0.3) is 0 Å². The molecule has 2 rings (SSSR count). The van der Waals surface area contributed by atoms with E-state index in [4.69, 9.17) is 27.9 Å². The number of thioether (sulfide) groups is 1. The van der Waals surface area contributed by atoms with Crippen molar-refractivity contribution >= 4 is 35.0 Å². The molecule has 1 heterocycles. The Hall–Kier alpha value is -0.0500. The van der Waals surface area contributed by atoms with Gasteiger partial charge in [-0.3, -0.25) is 0 Å². The average molecular weight is 291 g/mol. The molecular weight excluding hydrogens is 275 g/mol. The van der Waals surface area contributed by atoms with Gasteiger partial charge in [0.05, 0.1) is 12.1 Å². The Morgan fingerprint density at radius 1 is 1.41 bits per heavy atom. The predicted octanol–water partition coefficient (Wildman–Crippen LogP) is 5.06. The predicted molar refractivity (Wildman–Crippen MR) is 75.8 cm³/mol. The van der Waals surface area contributed by atoms with Crippen LogP contribution in [0.2, 0.25) is 10.0 Å². The maximum atomic E-state index is 6.29. The summed E-state index contributed by atoms with van der Waals surface area (Å²) in [6.07, 6.45) is 2.26. The van der Waals surface area contributed by atoms with E-state index in [-0.39, 0.29) is 0 Å². The normalized spacial score (nSPS) is 18.6. The molecule has 1 aliphatic heterocycles. The Kier molecular flexibility index (Phi) is 4.17. The third-order valence-corrected chi connectivity index (χ3v) is 5.25. The van der Waals surface area contributed by atoms with Crippen LogP contribution in [0.5, 0.6) is 5.75 Å². The molecule has 1 aliphatic rings. The first-order valence-electron chi connectivity index (χ1n) is 5.74. The molecule has 0 N–H and O–H groups in total. The first-order chi connectivity index (χ1) is 8.02. The number of rotatable bonds is 3. The molecule has 0 amide bonds. The molecule has 0 bridgehead atoms. The summed E-state index contributed by atoms with van der Waals surface area (Å²) in [6, 6.07) is 2.02. The number of methoxy groups -OCH3 is 1. The highest BCUT2D eigenvalue weighted by Gasteiger charge is 2.27. The molecule has 1 atom stereocenters. The number of hydrogen-bond donors (Lipinski definition) is 0. The van der Waals surface area contributed by atoms with Gasteiger partial charge in [-0.05, 0) is 30.4 Å². The first kappa shape index (κ1) is 13.4. The fourth-order valence-electron chi connectivity index (χ4n) is 2.17. The van der Waals surface area contributed by atoms with E-state index in [2.05, 4.69) is 13.8 Å². The average Bonchev–Trinajstić information content (AvgIpc) is 2.65. The summed E-state index contributed by atoms with van der Waals surface area (Å²) in [5.74, 6) is 1.39. The first-order valence-corrected chi connectivity index (χ1v) is 7.38. The minimum Gasteiger partial charge on any atom is -0.495 e. The van der Waals surface area contributed by atoms with Crippen LogP contribution in [0.25, 0.3) is 0 Å². The maximum absolute atomic E-state index is 6.29. The van der Waals surface area contributed by atoms with Gasteiger partial charge in [-0.15, -0.1) is 11.8 Å². The zero-order chi connectivity index (χ0) is 12.6. The van der Waals surface area contributed by atoms with Crippen molar-refractivity contribution in [3.63, 3.8) is 0 Å². The SMILES string of the molecule is COc1cc2c(c(Cl)c1Cl)SC(CC(C)C)C2. The molecule has 0 saturated carbocycles. The lowest BCUT2D eigenvalue weighted by atomic mass is 10.0. The standard InChI is InChI=1S/C13H16Cl2OS/c1-7(2)4-9-5-8-6-10(16-3)11(14)12(15)13(8)17-9/h6-7,9H,4-5H2,1-3H3. The highest BCUT2D eigenvalue weighted by molar-refractivity contribution is 8.00. The Bertz CT molecular complexity index is 432. The number of hydrogen-bond acceptors (Lipinski definition) is 2. The monoisotopic (exact) mass is 290 g/mol. The minimum absolute atomic E-state index is 0.533. The van der Waals surface area contributed by atoms with Crippen LogP contribution in [0.15, 0.2) is 11.0 Å². The number of fused-ring (bicyclic) bond motifs is 1. The lowest BCUT2D eigenvalue weighted by Crippen LogP contribution is -2.04. The van der Waals surface area contributed by atoms with E-state index in [9.17, 15) is 0 Å². The second kappa shape index (κ2) is 5.29. The second-order valence-corrected chi connectivity index (χ2v) is 6.84. The van der Waals surface area contributed by atoms with Gasteiger partial charge in [0.15, 0.2) is 0 Å². The summed E-state index contributed by atoms with van der Waals surface area (Å²) in [5, 5.41) is 1.80. The van der Waals surface area contributed by atoms with Crippen LogP contribution in [0.3, 0.4) is 0 Å². The highest BCUT2D eigenvalue weighted by Crippen LogP contribution is 2.49. The van der Waals surface area contributed by atoms with Gasteiger partial charge in [-0.2, -0.15) is 0 Å². The van der Waals surface area contributed by atoms with Gasteiger partial charge in [0, 0.05) is 10.1 Å². The van der Waals surface area contributed by atoms with Gasteiger partial charge < -0.3 is 4.74 Å². The maximum Gasteiger partial charge on any atom is 0.139 e. The number of halogens is 2. The Morgan fingerprint density at radius 3 is 2.71 bits per heavy atom. The number of benzene rings is 1. The fourth-order valence-corrected chi connectivity index (χ4v) is 4.38. The Balaban J connectivity index is 2.29. The topological polar surface area (TPSA) is 9.23 Å². The molecule has 1 aromatic carbocycles. The van der Waals surface area contributed by atoms with Crippen LogP contribution in [0.1, 0.15) is 25.8 Å². The Labute approximate surface area is 117 Å². The molecule has 0 saturated heterocycles. The Morgan fingerprint density at radius 2 is 2.12 bits per heavy atom. The summed E-state index contributed by atoms with van der Waals surface area (Å²) in [4.78, 5) is 1.14. The molecule has 17 heavy (non-hydrogen) atoms. The van der Waals surface area contributed by atoms with Gasteiger partial charge in [-0.25, -0.2) is 0 Å². The van der Waals surface area contributed by atoms with Crippen molar-refractivity contribution in [2.24, 2.45) is 5.92 Å². The summed E-state index contributed by atoms with van der Waals surface area (Å²) in [5.41, 5.74) is 1.27. The van der Waals surface area contributed by atoms with E-state index in [0.717, 1.165) is 11.3 Å². The molecule has 0 spiro atoms. The van der Waals surface area contributed by atoms with Crippen LogP contribution in [-0.2, 0) is 6.42 Å². The minimum atomic E-state index is 0.533. The van der Waals surface area contributed by atoms with E-state index < -0.39 is 0 Å². The van der Waals surface area contributed by atoms with Crippen molar-refractivity contribution in [2.75, 3.05) is 7.11 Å². The van der Waals surface area contributed by atoms with E-state index in [0.29, 0.717) is 27.0 Å². The molecule has 1 aromatic rings. The summed E-state index contributed by atoms with van der Waals surface area (Å²) < 4.78 is 5.24. The van der Waals surface area contributed by atoms with E-state index in [1.54, 1.807) is 7.11 Å². The van der Waals surface area contributed by atoms with Crippen LogP contribution >= 0.6 is 35.0 Å². The van der Waals surface area contributed by atoms with Crippen molar-refractivity contribution < 1.29 is 4.74 Å². The van der Waals surface area contributed by atoms with Gasteiger partial charge in [-0.1, -0.05) is 37.0 Å². The molecule has 0 aliphatic carbocycles. The van der Waals surface area contributed by atoms with Crippen molar-refractivity contribution in [1.29, 1.82) is 0 Å². The van der Waals surface area contributed by atoms with Crippen LogP contribution in [0, 0.1) is 5.92 Å². The summed E-state index contributed by atoms with van der Waals surface area (Å²) in [7, 11) is 1.62.